The molecule has 2 aromatic carbocycles. The van der Waals surface area contributed by atoms with Gasteiger partial charge in [-0.1, -0.05) is 19.1 Å². The van der Waals surface area contributed by atoms with Gasteiger partial charge in [0.05, 0.1) is 17.2 Å². The highest BCUT2D eigenvalue weighted by atomic mass is 16.1. The zero-order valence-corrected chi connectivity index (χ0v) is 18.1. The topological polar surface area (TPSA) is 135 Å². The van der Waals surface area contributed by atoms with Gasteiger partial charge in [0.1, 0.15) is 11.7 Å². The molecule has 0 fully saturated rings. The Morgan fingerprint density at radius 2 is 1.84 bits per heavy atom. The molecule has 0 radical (unpaired) electrons. The third-order valence-electron chi connectivity index (χ3n) is 5.79. The number of allylic oxidation sites excluding steroid dienone is 2. The molecule has 2 aliphatic heterocycles. The quantitative estimate of drug-likeness (QED) is 0.377. The van der Waals surface area contributed by atoms with Crippen molar-refractivity contribution in [1.29, 1.82) is 10.8 Å². The molecule has 1 unspecified atom stereocenters. The summed E-state index contributed by atoms with van der Waals surface area (Å²) in [4.78, 5) is 15.3. The summed E-state index contributed by atoms with van der Waals surface area (Å²) in [5.41, 5.74) is 16.4. The van der Waals surface area contributed by atoms with Crippen LogP contribution in [0.15, 0.2) is 60.4 Å². The molecule has 1 amide bonds. The Hall–Kier alpha value is -4.07. The number of carbonyl (C=O) groups is 1. The fraction of sp³-hybridized carbons (Fsp3) is 0.208. The Morgan fingerprint density at radius 3 is 2.44 bits per heavy atom. The van der Waals surface area contributed by atoms with E-state index in [1.54, 1.807) is 24.0 Å². The number of amides is 1. The van der Waals surface area contributed by atoms with Crippen LogP contribution in [0.25, 0.3) is 5.57 Å². The maximum Gasteiger partial charge on any atom is 0.248 e. The van der Waals surface area contributed by atoms with Gasteiger partial charge in [0.25, 0.3) is 0 Å². The number of amidine groups is 2. The van der Waals surface area contributed by atoms with Gasteiger partial charge in [-0.05, 0) is 60.5 Å². The lowest BCUT2D eigenvalue weighted by atomic mass is 10.0. The van der Waals surface area contributed by atoms with Crippen molar-refractivity contribution in [2.75, 3.05) is 22.9 Å². The second kappa shape index (κ2) is 8.22. The Bertz CT molecular complexity index is 1160. The first-order valence-corrected chi connectivity index (χ1v) is 10.4. The van der Waals surface area contributed by atoms with Crippen molar-refractivity contribution in [2.24, 2.45) is 17.4 Å². The van der Waals surface area contributed by atoms with Crippen molar-refractivity contribution >= 4 is 40.2 Å². The number of primary amides is 1. The second-order valence-electron chi connectivity index (χ2n) is 8.10. The first-order chi connectivity index (χ1) is 15.3. The Morgan fingerprint density at radius 1 is 1.12 bits per heavy atom. The average molecular weight is 430 g/mol. The summed E-state index contributed by atoms with van der Waals surface area (Å²) in [5.74, 6) is 0.695. The molecule has 0 aliphatic carbocycles. The second-order valence-corrected chi connectivity index (χ2v) is 8.10. The van der Waals surface area contributed by atoms with Gasteiger partial charge in [0.2, 0.25) is 5.91 Å². The number of nitrogens with one attached hydrogen (secondary N) is 3. The summed E-state index contributed by atoms with van der Waals surface area (Å²) in [6, 6.07) is 13.2. The van der Waals surface area contributed by atoms with Gasteiger partial charge in [0, 0.05) is 30.3 Å². The van der Waals surface area contributed by atoms with Crippen molar-refractivity contribution in [3.8, 4) is 0 Å². The van der Waals surface area contributed by atoms with Crippen LogP contribution in [0.4, 0.5) is 17.1 Å². The molecule has 7 N–H and O–H groups in total. The smallest absolute Gasteiger partial charge is 0.248 e. The lowest BCUT2D eigenvalue weighted by Gasteiger charge is -2.28. The van der Waals surface area contributed by atoms with Crippen LogP contribution in [0.5, 0.6) is 0 Å². The summed E-state index contributed by atoms with van der Waals surface area (Å²) >= 11 is 0. The Balaban J connectivity index is 1.88. The Kier molecular flexibility index (Phi) is 5.44. The fourth-order valence-electron chi connectivity index (χ4n) is 4.05. The molecule has 0 saturated carbocycles. The molecule has 0 spiro atoms. The molecule has 2 aliphatic rings. The van der Waals surface area contributed by atoms with E-state index in [0.29, 0.717) is 30.3 Å². The maximum absolute atomic E-state index is 11.5. The number of nitrogens with two attached hydrogens (primary N) is 2. The number of carbonyl (C=O) groups excluding carboxylic acids is 1. The van der Waals surface area contributed by atoms with Crippen molar-refractivity contribution in [3.63, 3.8) is 0 Å². The Labute approximate surface area is 187 Å². The lowest BCUT2D eigenvalue weighted by Crippen LogP contribution is -2.38. The number of dihydropyridines is 1. The number of hydrogen-bond acceptors (Lipinski definition) is 6. The van der Waals surface area contributed by atoms with Crippen LogP contribution in [0.1, 0.15) is 29.8 Å². The highest BCUT2D eigenvalue weighted by molar-refractivity contribution is 6.19. The molecule has 0 aromatic heterocycles. The molecular formula is C24H27N7O. The van der Waals surface area contributed by atoms with E-state index in [1.807, 2.05) is 43.3 Å². The SMILES string of the molecule is CC(=N)N1C(=N)C(C)CN(c2ccc(C(N)=O)cc2)c2cc(C3=CC=C(N)NC3)ccc21. The van der Waals surface area contributed by atoms with E-state index in [9.17, 15) is 4.79 Å². The van der Waals surface area contributed by atoms with Crippen LogP contribution in [0, 0.1) is 16.7 Å². The average Bonchev–Trinajstić information content (AvgIpc) is 2.88. The number of fused-ring (bicyclic) bond motifs is 1. The van der Waals surface area contributed by atoms with Crippen molar-refractivity contribution in [2.45, 2.75) is 13.8 Å². The summed E-state index contributed by atoms with van der Waals surface area (Å²) in [5, 5.41) is 20.2. The van der Waals surface area contributed by atoms with E-state index in [4.69, 9.17) is 22.3 Å². The molecule has 1 atom stereocenters. The van der Waals surface area contributed by atoms with E-state index in [0.717, 1.165) is 28.2 Å². The summed E-state index contributed by atoms with van der Waals surface area (Å²) in [6.45, 7) is 4.85. The van der Waals surface area contributed by atoms with Gasteiger partial charge >= 0.3 is 0 Å². The largest absolute Gasteiger partial charge is 0.386 e. The highest BCUT2D eigenvalue weighted by Gasteiger charge is 2.31. The van der Waals surface area contributed by atoms with Crippen molar-refractivity contribution in [1.82, 2.24) is 5.32 Å². The minimum Gasteiger partial charge on any atom is -0.386 e. The molecule has 2 aromatic rings. The van der Waals surface area contributed by atoms with Crippen LogP contribution in [0.2, 0.25) is 0 Å². The zero-order chi connectivity index (χ0) is 23.0. The van der Waals surface area contributed by atoms with Crippen LogP contribution in [-0.4, -0.2) is 30.7 Å². The van der Waals surface area contributed by atoms with Crippen LogP contribution in [-0.2, 0) is 0 Å². The monoisotopic (exact) mass is 429 g/mol. The predicted octanol–water partition coefficient (Wildman–Crippen LogP) is 3.14. The third kappa shape index (κ3) is 3.82. The van der Waals surface area contributed by atoms with Crippen molar-refractivity contribution < 1.29 is 4.79 Å². The summed E-state index contributed by atoms with van der Waals surface area (Å²) in [6.07, 6.45) is 3.84. The summed E-state index contributed by atoms with van der Waals surface area (Å²) < 4.78 is 0. The summed E-state index contributed by atoms with van der Waals surface area (Å²) in [7, 11) is 0. The zero-order valence-electron chi connectivity index (χ0n) is 18.1. The highest BCUT2D eigenvalue weighted by Crippen LogP contribution is 2.40. The molecular weight excluding hydrogens is 402 g/mol. The minimum absolute atomic E-state index is 0.125. The number of rotatable bonds is 3. The van der Waals surface area contributed by atoms with Gasteiger partial charge in [-0.25, -0.2) is 0 Å². The van der Waals surface area contributed by atoms with E-state index < -0.39 is 5.91 Å². The van der Waals surface area contributed by atoms with E-state index >= 15 is 0 Å². The predicted molar refractivity (Wildman–Crippen MR) is 129 cm³/mol. The van der Waals surface area contributed by atoms with Crippen LogP contribution >= 0.6 is 0 Å². The van der Waals surface area contributed by atoms with E-state index in [1.165, 1.54) is 0 Å². The molecule has 2 heterocycles. The fourth-order valence-corrected chi connectivity index (χ4v) is 4.05. The number of anilines is 3. The van der Waals surface area contributed by atoms with Gasteiger partial charge in [-0.15, -0.1) is 0 Å². The number of nitrogens with zero attached hydrogens (tertiary/aromatic N) is 2. The standard InChI is InChI=1S/C24H27N7O/c1-14-13-30(19-7-3-16(4-8-19)24(28)32)21-11-17(18-6-10-22(26)29-12-18)5-9-20(21)31(15(2)25)23(14)27/h3-11,14,25,27,29H,12-13,26H2,1-2H3,(H2,28,32). The van der Waals surface area contributed by atoms with Crippen LogP contribution < -0.4 is 26.6 Å². The molecule has 8 nitrogen and oxygen atoms in total. The van der Waals surface area contributed by atoms with Gasteiger partial charge < -0.3 is 21.7 Å². The van der Waals surface area contributed by atoms with Gasteiger partial charge in [-0.3, -0.25) is 20.5 Å². The maximum atomic E-state index is 11.5. The molecule has 32 heavy (non-hydrogen) atoms. The van der Waals surface area contributed by atoms with Gasteiger partial charge in [-0.2, -0.15) is 0 Å². The van der Waals surface area contributed by atoms with E-state index in [2.05, 4.69) is 16.3 Å². The normalized spacial score (nSPS) is 18.2. The number of hydrogen-bond donors (Lipinski definition) is 5. The van der Waals surface area contributed by atoms with Gasteiger partial charge in [0.15, 0.2) is 0 Å². The first kappa shape index (κ1) is 21.2. The number of benzene rings is 2. The van der Waals surface area contributed by atoms with Crippen LogP contribution in [0.3, 0.4) is 0 Å². The lowest BCUT2D eigenvalue weighted by molar-refractivity contribution is 0.100. The molecule has 4 rings (SSSR count). The minimum atomic E-state index is -0.472. The van der Waals surface area contributed by atoms with Crippen molar-refractivity contribution in [3.05, 3.63) is 71.6 Å². The molecule has 8 heteroatoms. The van der Waals surface area contributed by atoms with E-state index in [-0.39, 0.29) is 11.8 Å². The molecule has 0 bridgehead atoms. The molecule has 0 saturated heterocycles. The third-order valence-corrected chi connectivity index (χ3v) is 5.79. The molecule has 164 valence electrons. The first-order valence-electron chi connectivity index (χ1n) is 10.4.